The van der Waals surface area contributed by atoms with Gasteiger partial charge in [0.2, 0.25) is 0 Å². The predicted octanol–water partition coefficient (Wildman–Crippen LogP) is 2.70. The van der Waals surface area contributed by atoms with E-state index in [-0.39, 0.29) is 0 Å². The molecular weight excluding hydrogens is 229 g/mol. The van der Waals surface area contributed by atoms with Gasteiger partial charge in [-0.15, -0.1) is 0 Å². The molecule has 17 heavy (non-hydrogen) atoms. The van der Waals surface area contributed by atoms with E-state index in [0.717, 1.165) is 31.8 Å². The third-order valence-electron chi connectivity index (χ3n) is 3.28. The molecule has 0 saturated carbocycles. The second-order valence-corrected chi connectivity index (χ2v) is 5.01. The Bertz CT molecular complexity index is 200. The minimum Gasteiger partial charge on any atom is -0.317 e. The SMILES string of the molecule is CC(CC(F)(F)F)NCCCC1CCNCC1. The number of alkyl halides is 3. The zero-order chi connectivity index (χ0) is 12.7. The Labute approximate surface area is 101 Å². The van der Waals surface area contributed by atoms with Gasteiger partial charge in [0, 0.05) is 6.04 Å². The Hall–Kier alpha value is -0.290. The van der Waals surface area contributed by atoms with Crippen molar-refractivity contribution >= 4 is 0 Å². The maximum atomic E-state index is 12.1. The second kappa shape index (κ2) is 7.21. The van der Waals surface area contributed by atoms with Crippen molar-refractivity contribution in [1.82, 2.24) is 10.6 Å². The van der Waals surface area contributed by atoms with E-state index in [1.807, 2.05) is 0 Å². The van der Waals surface area contributed by atoms with Gasteiger partial charge in [-0.05, 0) is 58.2 Å². The molecule has 1 aliphatic heterocycles. The summed E-state index contributed by atoms with van der Waals surface area (Å²) >= 11 is 0. The summed E-state index contributed by atoms with van der Waals surface area (Å²) in [6.07, 6.45) is -0.266. The van der Waals surface area contributed by atoms with E-state index in [9.17, 15) is 13.2 Å². The molecule has 5 heteroatoms. The van der Waals surface area contributed by atoms with Crippen LogP contribution in [0.3, 0.4) is 0 Å². The lowest BCUT2D eigenvalue weighted by Crippen LogP contribution is -2.32. The molecule has 1 saturated heterocycles. The van der Waals surface area contributed by atoms with Gasteiger partial charge in [-0.1, -0.05) is 0 Å². The van der Waals surface area contributed by atoms with Crippen molar-refractivity contribution in [2.24, 2.45) is 5.92 Å². The minimum atomic E-state index is -4.05. The third-order valence-corrected chi connectivity index (χ3v) is 3.28. The number of piperidine rings is 1. The summed E-state index contributed by atoms with van der Waals surface area (Å²) in [5.74, 6) is 0.760. The molecule has 0 aromatic carbocycles. The highest BCUT2D eigenvalue weighted by molar-refractivity contribution is 4.70. The van der Waals surface area contributed by atoms with Crippen LogP contribution in [0.2, 0.25) is 0 Å². The molecule has 2 N–H and O–H groups in total. The van der Waals surface area contributed by atoms with Gasteiger partial charge in [-0.3, -0.25) is 0 Å². The number of hydrogen-bond donors (Lipinski definition) is 2. The lowest BCUT2D eigenvalue weighted by Gasteiger charge is -2.23. The van der Waals surface area contributed by atoms with Gasteiger partial charge in [-0.2, -0.15) is 13.2 Å². The lowest BCUT2D eigenvalue weighted by molar-refractivity contribution is -0.139. The van der Waals surface area contributed by atoms with E-state index < -0.39 is 18.6 Å². The zero-order valence-electron chi connectivity index (χ0n) is 10.4. The van der Waals surface area contributed by atoms with Crippen LogP contribution in [0.1, 0.15) is 39.0 Å². The Morgan fingerprint density at radius 1 is 1.29 bits per heavy atom. The molecule has 2 nitrogen and oxygen atoms in total. The maximum absolute atomic E-state index is 12.1. The molecule has 0 aromatic rings. The standard InChI is InChI=1S/C12H23F3N2/c1-10(9-12(13,14)15)17-6-2-3-11-4-7-16-8-5-11/h10-11,16-17H,2-9H2,1H3. The van der Waals surface area contributed by atoms with Crippen molar-refractivity contribution in [1.29, 1.82) is 0 Å². The number of rotatable bonds is 6. The quantitative estimate of drug-likeness (QED) is 0.710. The van der Waals surface area contributed by atoms with Crippen molar-refractivity contribution in [3.63, 3.8) is 0 Å². The molecule has 1 heterocycles. The summed E-state index contributed by atoms with van der Waals surface area (Å²) in [4.78, 5) is 0. The summed E-state index contributed by atoms with van der Waals surface area (Å²) in [6, 6.07) is -0.469. The van der Waals surface area contributed by atoms with Crippen LogP contribution in [0, 0.1) is 5.92 Å². The van der Waals surface area contributed by atoms with Gasteiger partial charge in [0.15, 0.2) is 0 Å². The second-order valence-electron chi connectivity index (χ2n) is 5.01. The average Bonchev–Trinajstić information content (AvgIpc) is 2.23. The van der Waals surface area contributed by atoms with Crippen LogP contribution in [-0.4, -0.2) is 31.9 Å². The predicted molar refractivity (Wildman–Crippen MR) is 63.0 cm³/mol. The Morgan fingerprint density at radius 3 is 2.53 bits per heavy atom. The van der Waals surface area contributed by atoms with Gasteiger partial charge in [0.25, 0.3) is 0 Å². The zero-order valence-corrected chi connectivity index (χ0v) is 10.4. The van der Waals surface area contributed by atoms with Gasteiger partial charge < -0.3 is 10.6 Å². The first-order chi connectivity index (χ1) is 7.97. The molecule has 1 aliphatic rings. The van der Waals surface area contributed by atoms with Crippen LogP contribution >= 0.6 is 0 Å². The number of halogens is 3. The molecular formula is C12H23F3N2. The molecule has 0 amide bonds. The van der Waals surface area contributed by atoms with E-state index in [0.29, 0.717) is 6.54 Å². The Kier molecular flexibility index (Phi) is 6.27. The number of nitrogens with one attached hydrogen (secondary N) is 2. The molecule has 0 aromatic heterocycles. The van der Waals surface area contributed by atoms with Crippen LogP contribution in [0.4, 0.5) is 13.2 Å². The summed E-state index contributed by atoms with van der Waals surface area (Å²) in [6.45, 7) is 4.46. The average molecular weight is 252 g/mol. The Balaban J connectivity index is 1.99. The first-order valence-corrected chi connectivity index (χ1v) is 6.48. The van der Waals surface area contributed by atoms with Gasteiger partial charge in [-0.25, -0.2) is 0 Å². The van der Waals surface area contributed by atoms with E-state index in [4.69, 9.17) is 0 Å². The van der Waals surface area contributed by atoms with Gasteiger partial charge in [0.05, 0.1) is 6.42 Å². The summed E-state index contributed by atoms with van der Waals surface area (Å²) in [5.41, 5.74) is 0. The normalized spacial score (nSPS) is 20.5. The van der Waals surface area contributed by atoms with Crippen LogP contribution < -0.4 is 10.6 Å². The van der Waals surface area contributed by atoms with Crippen molar-refractivity contribution in [3.8, 4) is 0 Å². The first kappa shape index (κ1) is 14.8. The van der Waals surface area contributed by atoms with Crippen molar-refractivity contribution in [3.05, 3.63) is 0 Å². The molecule has 0 spiro atoms. The molecule has 0 bridgehead atoms. The van der Waals surface area contributed by atoms with E-state index in [1.165, 1.54) is 12.8 Å². The van der Waals surface area contributed by atoms with E-state index in [1.54, 1.807) is 6.92 Å². The van der Waals surface area contributed by atoms with Crippen LogP contribution in [-0.2, 0) is 0 Å². The molecule has 0 aliphatic carbocycles. The topological polar surface area (TPSA) is 24.1 Å². The smallest absolute Gasteiger partial charge is 0.317 e. The third kappa shape index (κ3) is 7.60. The van der Waals surface area contributed by atoms with Crippen LogP contribution in [0.5, 0.6) is 0 Å². The summed E-state index contributed by atoms with van der Waals surface area (Å²) in [7, 11) is 0. The molecule has 102 valence electrons. The molecule has 1 rings (SSSR count). The number of hydrogen-bond acceptors (Lipinski definition) is 2. The van der Waals surface area contributed by atoms with E-state index >= 15 is 0 Å². The monoisotopic (exact) mass is 252 g/mol. The molecule has 1 unspecified atom stereocenters. The molecule has 0 radical (unpaired) electrons. The van der Waals surface area contributed by atoms with Gasteiger partial charge in [0.1, 0.15) is 0 Å². The molecule has 1 fully saturated rings. The largest absolute Gasteiger partial charge is 0.390 e. The fraction of sp³-hybridized carbons (Fsp3) is 1.00. The fourth-order valence-corrected chi connectivity index (χ4v) is 2.33. The lowest BCUT2D eigenvalue weighted by atomic mass is 9.93. The highest BCUT2D eigenvalue weighted by Crippen LogP contribution is 2.21. The van der Waals surface area contributed by atoms with Crippen molar-refractivity contribution in [2.45, 2.75) is 51.2 Å². The fourth-order valence-electron chi connectivity index (χ4n) is 2.33. The first-order valence-electron chi connectivity index (χ1n) is 6.48. The maximum Gasteiger partial charge on any atom is 0.390 e. The highest BCUT2D eigenvalue weighted by atomic mass is 19.4. The highest BCUT2D eigenvalue weighted by Gasteiger charge is 2.29. The Morgan fingerprint density at radius 2 is 1.94 bits per heavy atom. The van der Waals surface area contributed by atoms with Crippen molar-refractivity contribution in [2.75, 3.05) is 19.6 Å². The van der Waals surface area contributed by atoms with Crippen molar-refractivity contribution < 1.29 is 13.2 Å². The van der Waals surface area contributed by atoms with Gasteiger partial charge >= 0.3 is 6.18 Å². The van der Waals surface area contributed by atoms with E-state index in [2.05, 4.69) is 10.6 Å². The molecule has 1 atom stereocenters. The summed E-state index contributed by atoms with van der Waals surface area (Å²) in [5, 5.41) is 6.25. The summed E-state index contributed by atoms with van der Waals surface area (Å²) < 4.78 is 36.2. The van der Waals surface area contributed by atoms with Crippen LogP contribution in [0.25, 0.3) is 0 Å². The minimum absolute atomic E-state index is 0.469. The van der Waals surface area contributed by atoms with Crippen LogP contribution in [0.15, 0.2) is 0 Å².